The number of hydrogen-bond acceptors (Lipinski definition) is 5. The number of nitrogens with one attached hydrogen (secondary N) is 1. The first-order valence-corrected chi connectivity index (χ1v) is 12.2. The Hall–Kier alpha value is -3.26. The molecule has 8 heteroatoms. The summed E-state index contributed by atoms with van der Waals surface area (Å²) in [6.45, 7) is 1.60. The molecule has 2 aromatic heterocycles. The van der Waals surface area contributed by atoms with E-state index in [4.69, 9.17) is 9.72 Å². The monoisotopic (exact) mass is 462 g/mol. The van der Waals surface area contributed by atoms with Crippen LogP contribution in [0.3, 0.4) is 0 Å². The Morgan fingerprint density at radius 2 is 1.79 bits per heavy atom. The van der Waals surface area contributed by atoms with Crippen molar-refractivity contribution in [1.29, 1.82) is 0 Å². The Kier molecular flexibility index (Phi) is 6.09. The number of methoxy groups -OCH3 is 1. The van der Waals surface area contributed by atoms with Crippen molar-refractivity contribution in [2.24, 2.45) is 0 Å². The number of fused-ring (bicyclic) bond motifs is 3. The fourth-order valence-corrected chi connectivity index (χ4v) is 5.31. The predicted molar refractivity (Wildman–Crippen MR) is 132 cm³/mol. The number of carbonyl (C=O) groups is 1. The Morgan fingerprint density at radius 1 is 1.06 bits per heavy atom. The summed E-state index contributed by atoms with van der Waals surface area (Å²) in [7, 11) is 1.58. The molecule has 2 aromatic carbocycles. The summed E-state index contributed by atoms with van der Waals surface area (Å²) in [6, 6.07) is 15.1. The van der Waals surface area contributed by atoms with Crippen molar-refractivity contribution in [1.82, 2.24) is 19.4 Å². The second-order valence-corrected chi connectivity index (χ2v) is 9.13. The number of thioether (sulfide) groups is 1. The van der Waals surface area contributed by atoms with E-state index in [9.17, 15) is 9.59 Å². The molecule has 0 bridgehead atoms. The summed E-state index contributed by atoms with van der Waals surface area (Å²) in [4.78, 5) is 36.7. The van der Waals surface area contributed by atoms with Crippen LogP contribution in [0.4, 0.5) is 0 Å². The number of aromatic amines is 1. The molecule has 3 heterocycles. The van der Waals surface area contributed by atoms with Crippen molar-refractivity contribution in [2.75, 3.05) is 26.0 Å². The van der Waals surface area contributed by atoms with Crippen LogP contribution in [-0.2, 0) is 4.79 Å². The number of hydrogen-bond donors (Lipinski definition) is 1. The maximum atomic E-state index is 13.7. The van der Waals surface area contributed by atoms with Gasteiger partial charge in [0.1, 0.15) is 16.8 Å². The number of para-hydroxylation sites is 3. The maximum absolute atomic E-state index is 13.7. The fourth-order valence-electron chi connectivity index (χ4n) is 4.40. The van der Waals surface area contributed by atoms with Gasteiger partial charge in [0.05, 0.1) is 18.6 Å². The topological polar surface area (TPSA) is 80.2 Å². The largest absolute Gasteiger partial charge is 0.495 e. The van der Waals surface area contributed by atoms with Gasteiger partial charge in [0.15, 0.2) is 5.16 Å². The molecule has 0 unspecified atom stereocenters. The van der Waals surface area contributed by atoms with Gasteiger partial charge in [-0.15, -0.1) is 0 Å². The normalized spacial score (nSPS) is 14.5. The first-order valence-electron chi connectivity index (χ1n) is 11.2. The van der Waals surface area contributed by atoms with Crippen molar-refractivity contribution in [2.45, 2.75) is 30.8 Å². The lowest BCUT2D eigenvalue weighted by Crippen LogP contribution is -2.33. The molecule has 33 heavy (non-hydrogen) atoms. The molecule has 1 saturated heterocycles. The number of carbonyl (C=O) groups excluding carboxylic acids is 1. The third kappa shape index (κ3) is 4.11. The Bertz CT molecular complexity index is 1370. The van der Waals surface area contributed by atoms with E-state index in [1.807, 2.05) is 53.4 Å². The van der Waals surface area contributed by atoms with Gasteiger partial charge in [-0.05, 0) is 31.0 Å². The Balaban J connectivity index is 1.61. The SMILES string of the molecule is COc1ccccc1-n1c(SCC(=O)N2CCCCCC2)nc2c([nH]c3ccccc32)c1=O. The summed E-state index contributed by atoms with van der Waals surface area (Å²) in [5.41, 5.74) is 2.29. The average molecular weight is 463 g/mol. The van der Waals surface area contributed by atoms with E-state index in [1.54, 1.807) is 11.7 Å². The van der Waals surface area contributed by atoms with Gasteiger partial charge in [0.25, 0.3) is 5.56 Å². The minimum absolute atomic E-state index is 0.0850. The molecule has 1 N–H and O–H groups in total. The van der Waals surface area contributed by atoms with Gasteiger partial charge in [0, 0.05) is 24.0 Å². The smallest absolute Gasteiger partial charge is 0.283 e. The van der Waals surface area contributed by atoms with Gasteiger partial charge in [0.2, 0.25) is 5.91 Å². The van der Waals surface area contributed by atoms with Crippen molar-refractivity contribution in [3.63, 3.8) is 0 Å². The second kappa shape index (κ2) is 9.31. The molecule has 0 spiro atoms. The van der Waals surface area contributed by atoms with E-state index >= 15 is 0 Å². The number of rotatable bonds is 5. The van der Waals surface area contributed by atoms with E-state index in [-0.39, 0.29) is 17.2 Å². The van der Waals surface area contributed by atoms with Crippen molar-refractivity contribution in [3.05, 3.63) is 58.9 Å². The minimum atomic E-state index is -0.217. The summed E-state index contributed by atoms with van der Waals surface area (Å²) in [6.07, 6.45) is 4.43. The Morgan fingerprint density at radius 3 is 2.58 bits per heavy atom. The molecule has 0 radical (unpaired) electrons. The minimum Gasteiger partial charge on any atom is -0.495 e. The molecule has 0 atom stereocenters. The average Bonchev–Trinajstić information content (AvgIpc) is 3.01. The molecular formula is C25H26N4O3S. The lowest BCUT2D eigenvalue weighted by Gasteiger charge is -2.20. The fraction of sp³-hybridized carbons (Fsp3) is 0.320. The first-order chi connectivity index (χ1) is 16.2. The molecular weight excluding hydrogens is 436 g/mol. The number of benzene rings is 2. The molecule has 170 valence electrons. The molecule has 7 nitrogen and oxygen atoms in total. The summed E-state index contributed by atoms with van der Waals surface area (Å²) in [5, 5.41) is 1.36. The summed E-state index contributed by atoms with van der Waals surface area (Å²) in [5.74, 6) is 0.884. The van der Waals surface area contributed by atoms with Gasteiger partial charge in [-0.1, -0.05) is 54.9 Å². The Labute approximate surface area is 195 Å². The zero-order valence-corrected chi connectivity index (χ0v) is 19.4. The van der Waals surface area contributed by atoms with E-state index < -0.39 is 0 Å². The number of ether oxygens (including phenoxy) is 1. The van der Waals surface area contributed by atoms with Crippen LogP contribution in [0.5, 0.6) is 5.75 Å². The molecule has 1 aliphatic rings. The highest BCUT2D eigenvalue weighted by Crippen LogP contribution is 2.29. The molecule has 0 aliphatic carbocycles. The quantitative estimate of drug-likeness (QED) is 0.352. The van der Waals surface area contributed by atoms with Crippen LogP contribution >= 0.6 is 11.8 Å². The number of aromatic nitrogens is 3. The lowest BCUT2D eigenvalue weighted by molar-refractivity contribution is -0.128. The van der Waals surface area contributed by atoms with Gasteiger partial charge in [-0.25, -0.2) is 9.55 Å². The number of nitrogens with zero attached hydrogens (tertiary/aromatic N) is 3. The van der Waals surface area contributed by atoms with Crippen molar-refractivity contribution in [3.8, 4) is 11.4 Å². The molecule has 5 rings (SSSR count). The highest BCUT2D eigenvalue weighted by molar-refractivity contribution is 7.99. The van der Waals surface area contributed by atoms with Crippen LogP contribution in [0.25, 0.3) is 27.6 Å². The number of likely N-dealkylation sites (tertiary alicyclic amines) is 1. The predicted octanol–water partition coefficient (Wildman–Crippen LogP) is 4.37. The number of H-pyrrole nitrogens is 1. The maximum Gasteiger partial charge on any atom is 0.283 e. The summed E-state index contributed by atoms with van der Waals surface area (Å²) < 4.78 is 7.09. The van der Waals surface area contributed by atoms with Crippen LogP contribution in [0.2, 0.25) is 0 Å². The zero-order chi connectivity index (χ0) is 22.8. The van der Waals surface area contributed by atoms with Crippen LogP contribution < -0.4 is 10.3 Å². The third-order valence-corrected chi connectivity index (χ3v) is 7.03. The molecule has 1 aliphatic heterocycles. The molecule has 0 saturated carbocycles. The summed E-state index contributed by atoms with van der Waals surface area (Å²) >= 11 is 1.30. The number of amides is 1. The standard InChI is InChI=1S/C25H26N4O3S/c1-32-20-13-7-6-12-19(20)29-24(31)23-22(17-10-4-5-11-18(17)26-23)27-25(29)33-16-21(30)28-14-8-2-3-9-15-28/h4-7,10-13,26H,2-3,8-9,14-16H2,1H3. The van der Waals surface area contributed by atoms with Gasteiger partial charge >= 0.3 is 0 Å². The molecule has 1 fully saturated rings. The third-order valence-electron chi connectivity index (χ3n) is 6.10. The highest BCUT2D eigenvalue weighted by Gasteiger charge is 2.21. The van der Waals surface area contributed by atoms with E-state index in [0.29, 0.717) is 27.6 Å². The van der Waals surface area contributed by atoms with Crippen LogP contribution in [0, 0.1) is 0 Å². The van der Waals surface area contributed by atoms with E-state index in [1.165, 1.54) is 24.6 Å². The van der Waals surface area contributed by atoms with Crippen LogP contribution in [0.15, 0.2) is 58.5 Å². The zero-order valence-electron chi connectivity index (χ0n) is 18.5. The van der Waals surface area contributed by atoms with Crippen molar-refractivity contribution < 1.29 is 9.53 Å². The van der Waals surface area contributed by atoms with E-state index in [2.05, 4.69) is 4.98 Å². The first kappa shape index (κ1) is 21.6. The highest BCUT2D eigenvalue weighted by atomic mass is 32.2. The van der Waals surface area contributed by atoms with E-state index in [0.717, 1.165) is 36.8 Å². The lowest BCUT2D eigenvalue weighted by atomic mass is 10.2. The molecule has 1 amide bonds. The van der Waals surface area contributed by atoms with Crippen LogP contribution in [0.1, 0.15) is 25.7 Å². The van der Waals surface area contributed by atoms with Gasteiger partial charge < -0.3 is 14.6 Å². The second-order valence-electron chi connectivity index (χ2n) is 8.18. The van der Waals surface area contributed by atoms with Crippen molar-refractivity contribution >= 4 is 39.6 Å². The van der Waals surface area contributed by atoms with Crippen LogP contribution in [-0.4, -0.2) is 51.3 Å². The van der Waals surface area contributed by atoms with Gasteiger partial charge in [-0.3, -0.25) is 9.59 Å². The van der Waals surface area contributed by atoms with Gasteiger partial charge in [-0.2, -0.15) is 0 Å². The molecule has 4 aromatic rings.